The molecule has 1 unspecified atom stereocenters. The van der Waals surface area contributed by atoms with E-state index < -0.39 is 0 Å². The summed E-state index contributed by atoms with van der Waals surface area (Å²) in [7, 11) is 0. The third kappa shape index (κ3) is 1.16. The van der Waals surface area contributed by atoms with Crippen LogP contribution in [0.1, 0.15) is 26.2 Å². The van der Waals surface area contributed by atoms with Crippen LogP contribution in [0.4, 0.5) is 0 Å². The molecule has 1 atom stereocenters. The van der Waals surface area contributed by atoms with Crippen molar-refractivity contribution in [3.63, 3.8) is 0 Å². The van der Waals surface area contributed by atoms with Gasteiger partial charge in [0.2, 0.25) is 0 Å². The molecule has 1 aliphatic heterocycles. The topological polar surface area (TPSA) is 9.23 Å². The van der Waals surface area contributed by atoms with Crippen molar-refractivity contribution in [1.82, 2.24) is 0 Å². The second kappa shape index (κ2) is 2.53. The molecule has 0 saturated carbocycles. The molecule has 1 saturated heterocycles. The zero-order chi connectivity index (χ0) is 6.74. The van der Waals surface area contributed by atoms with Crippen LogP contribution in [0.2, 0.25) is 0 Å². The first kappa shape index (κ1) is 6.81. The SMILES string of the molecule is C=CC1(CC)CCCO1. The monoisotopic (exact) mass is 126 g/mol. The van der Waals surface area contributed by atoms with E-state index in [1.165, 1.54) is 6.42 Å². The van der Waals surface area contributed by atoms with Crippen LogP contribution in [0.5, 0.6) is 0 Å². The summed E-state index contributed by atoms with van der Waals surface area (Å²) in [6.45, 7) is 6.82. The van der Waals surface area contributed by atoms with E-state index >= 15 is 0 Å². The van der Waals surface area contributed by atoms with Gasteiger partial charge in [0, 0.05) is 6.61 Å². The van der Waals surface area contributed by atoms with Crippen LogP contribution < -0.4 is 0 Å². The molecule has 0 spiro atoms. The molecule has 0 aromatic heterocycles. The predicted octanol–water partition coefficient (Wildman–Crippen LogP) is 2.13. The molecule has 9 heavy (non-hydrogen) atoms. The summed E-state index contributed by atoms with van der Waals surface area (Å²) < 4.78 is 5.52. The molecular formula is C8H14O. The summed E-state index contributed by atoms with van der Waals surface area (Å²) in [6.07, 6.45) is 5.36. The summed E-state index contributed by atoms with van der Waals surface area (Å²) in [6, 6.07) is 0. The van der Waals surface area contributed by atoms with Gasteiger partial charge in [-0.05, 0) is 19.3 Å². The lowest BCUT2D eigenvalue weighted by atomic mass is 9.98. The second-order valence-electron chi connectivity index (χ2n) is 2.57. The van der Waals surface area contributed by atoms with Crippen LogP contribution >= 0.6 is 0 Å². The van der Waals surface area contributed by atoms with Gasteiger partial charge in [-0.15, -0.1) is 6.58 Å². The first-order valence-corrected chi connectivity index (χ1v) is 3.60. The van der Waals surface area contributed by atoms with Gasteiger partial charge in [-0.25, -0.2) is 0 Å². The third-order valence-corrected chi connectivity index (χ3v) is 2.10. The van der Waals surface area contributed by atoms with Gasteiger partial charge in [0.1, 0.15) is 0 Å². The van der Waals surface area contributed by atoms with Crippen LogP contribution in [0, 0.1) is 0 Å². The minimum absolute atomic E-state index is 0.0417. The van der Waals surface area contributed by atoms with Crippen LogP contribution in [-0.2, 0) is 4.74 Å². The first-order valence-electron chi connectivity index (χ1n) is 3.60. The van der Waals surface area contributed by atoms with Gasteiger partial charge < -0.3 is 4.74 Å². The van der Waals surface area contributed by atoms with Gasteiger partial charge >= 0.3 is 0 Å². The zero-order valence-electron chi connectivity index (χ0n) is 6.02. The molecule has 1 rings (SSSR count). The number of hydrogen-bond donors (Lipinski definition) is 0. The van der Waals surface area contributed by atoms with Crippen molar-refractivity contribution in [2.75, 3.05) is 6.61 Å². The molecule has 52 valence electrons. The average molecular weight is 126 g/mol. The third-order valence-electron chi connectivity index (χ3n) is 2.10. The molecule has 1 fully saturated rings. The maximum Gasteiger partial charge on any atom is 0.0858 e. The molecule has 0 aliphatic carbocycles. The fraction of sp³-hybridized carbons (Fsp3) is 0.750. The summed E-state index contributed by atoms with van der Waals surface area (Å²) in [5.74, 6) is 0. The number of rotatable bonds is 2. The lowest BCUT2D eigenvalue weighted by molar-refractivity contribution is 0.0427. The van der Waals surface area contributed by atoms with Crippen molar-refractivity contribution in [2.45, 2.75) is 31.8 Å². The Morgan fingerprint density at radius 1 is 1.78 bits per heavy atom. The first-order chi connectivity index (χ1) is 4.33. The number of hydrogen-bond acceptors (Lipinski definition) is 1. The van der Waals surface area contributed by atoms with Gasteiger partial charge in [-0.1, -0.05) is 13.0 Å². The maximum atomic E-state index is 5.52. The van der Waals surface area contributed by atoms with E-state index in [0.717, 1.165) is 19.4 Å². The van der Waals surface area contributed by atoms with Crippen molar-refractivity contribution in [1.29, 1.82) is 0 Å². The minimum atomic E-state index is 0.0417. The van der Waals surface area contributed by atoms with Crippen molar-refractivity contribution in [3.8, 4) is 0 Å². The molecule has 0 radical (unpaired) electrons. The fourth-order valence-electron chi connectivity index (χ4n) is 1.30. The molecule has 0 aromatic rings. The highest BCUT2D eigenvalue weighted by Crippen LogP contribution is 2.29. The molecule has 0 aromatic carbocycles. The molecule has 1 nitrogen and oxygen atoms in total. The highest BCUT2D eigenvalue weighted by molar-refractivity contribution is 4.98. The Morgan fingerprint density at radius 2 is 2.56 bits per heavy atom. The van der Waals surface area contributed by atoms with Crippen LogP contribution in [0.15, 0.2) is 12.7 Å². The minimum Gasteiger partial charge on any atom is -0.371 e. The molecule has 0 N–H and O–H groups in total. The van der Waals surface area contributed by atoms with Gasteiger partial charge in [-0.3, -0.25) is 0 Å². The Morgan fingerprint density at radius 3 is 2.78 bits per heavy atom. The highest BCUT2D eigenvalue weighted by Gasteiger charge is 2.29. The summed E-state index contributed by atoms with van der Waals surface area (Å²) in [5.41, 5.74) is 0.0417. The van der Waals surface area contributed by atoms with E-state index in [1.54, 1.807) is 0 Å². The Kier molecular flexibility index (Phi) is 1.91. The van der Waals surface area contributed by atoms with Gasteiger partial charge in [-0.2, -0.15) is 0 Å². The fourth-order valence-corrected chi connectivity index (χ4v) is 1.30. The van der Waals surface area contributed by atoms with Crippen molar-refractivity contribution in [3.05, 3.63) is 12.7 Å². The Balaban J connectivity index is 2.55. The van der Waals surface area contributed by atoms with Crippen LogP contribution in [0.3, 0.4) is 0 Å². The predicted molar refractivity (Wildman–Crippen MR) is 38.4 cm³/mol. The molecule has 1 heterocycles. The Bertz CT molecular complexity index is 101. The summed E-state index contributed by atoms with van der Waals surface area (Å²) >= 11 is 0. The maximum absolute atomic E-state index is 5.52. The van der Waals surface area contributed by atoms with Crippen molar-refractivity contribution < 1.29 is 4.74 Å². The Labute approximate surface area is 56.7 Å². The summed E-state index contributed by atoms with van der Waals surface area (Å²) in [4.78, 5) is 0. The average Bonchev–Trinajstić information content (AvgIpc) is 2.36. The largest absolute Gasteiger partial charge is 0.371 e. The number of ether oxygens (including phenoxy) is 1. The van der Waals surface area contributed by atoms with Gasteiger partial charge in [0.25, 0.3) is 0 Å². The second-order valence-corrected chi connectivity index (χ2v) is 2.57. The van der Waals surface area contributed by atoms with Crippen LogP contribution in [0.25, 0.3) is 0 Å². The van der Waals surface area contributed by atoms with Crippen molar-refractivity contribution in [2.24, 2.45) is 0 Å². The van der Waals surface area contributed by atoms with Crippen LogP contribution in [-0.4, -0.2) is 12.2 Å². The quantitative estimate of drug-likeness (QED) is 0.515. The lowest BCUT2D eigenvalue weighted by Gasteiger charge is -2.21. The Hall–Kier alpha value is -0.300. The van der Waals surface area contributed by atoms with Crippen molar-refractivity contribution >= 4 is 0 Å². The summed E-state index contributed by atoms with van der Waals surface area (Å²) in [5, 5.41) is 0. The van der Waals surface area contributed by atoms with E-state index in [9.17, 15) is 0 Å². The normalized spacial score (nSPS) is 34.8. The van der Waals surface area contributed by atoms with E-state index in [-0.39, 0.29) is 5.60 Å². The van der Waals surface area contributed by atoms with E-state index in [2.05, 4.69) is 13.5 Å². The van der Waals surface area contributed by atoms with E-state index in [0.29, 0.717) is 0 Å². The molecular weight excluding hydrogens is 112 g/mol. The molecule has 1 aliphatic rings. The molecule has 0 amide bonds. The van der Waals surface area contributed by atoms with E-state index in [1.807, 2.05) is 6.08 Å². The standard InChI is InChI=1S/C8H14O/c1-3-8(4-2)6-5-7-9-8/h3H,1,4-7H2,2H3. The van der Waals surface area contributed by atoms with E-state index in [4.69, 9.17) is 4.74 Å². The highest BCUT2D eigenvalue weighted by atomic mass is 16.5. The molecule has 0 bridgehead atoms. The van der Waals surface area contributed by atoms with Gasteiger partial charge in [0.15, 0.2) is 0 Å². The zero-order valence-corrected chi connectivity index (χ0v) is 6.02. The van der Waals surface area contributed by atoms with Gasteiger partial charge in [0.05, 0.1) is 5.60 Å². The lowest BCUT2D eigenvalue weighted by Crippen LogP contribution is -2.22. The molecule has 1 heteroatoms. The smallest absolute Gasteiger partial charge is 0.0858 e.